The molecule has 2 heterocycles. The highest BCUT2D eigenvalue weighted by Gasteiger charge is 2.55. The first-order valence-corrected chi connectivity index (χ1v) is 9.35. The Labute approximate surface area is 152 Å². The first-order chi connectivity index (χ1) is 11.3. The van der Waals surface area contributed by atoms with Crippen LogP contribution in [-0.2, 0) is 14.0 Å². The molecule has 25 heavy (non-hydrogen) atoms. The number of nitrogens with zero attached hydrogens (tertiary/aromatic N) is 1. The smallest absolute Gasteiger partial charge is 0.444 e. The minimum absolute atomic E-state index is 0.157. The number of ether oxygens (including phenoxy) is 1. The quantitative estimate of drug-likeness (QED) is 0.672. The van der Waals surface area contributed by atoms with Crippen LogP contribution in [-0.4, -0.2) is 48.0 Å². The maximum Gasteiger partial charge on any atom is 0.490 e. The van der Waals surface area contributed by atoms with Crippen molar-refractivity contribution in [3.63, 3.8) is 0 Å². The van der Waals surface area contributed by atoms with E-state index in [1.54, 1.807) is 0 Å². The Morgan fingerprint density at radius 3 is 2.24 bits per heavy atom. The van der Waals surface area contributed by atoms with Gasteiger partial charge < -0.3 is 18.9 Å². The molecule has 2 aliphatic heterocycles. The van der Waals surface area contributed by atoms with E-state index in [2.05, 4.69) is 33.8 Å². The summed E-state index contributed by atoms with van der Waals surface area (Å²) >= 11 is 0. The third-order valence-electron chi connectivity index (χ3n) is 5.92. The minimum atomic E-state index is -0.444. The van der Waals surface area contributed by atoms with E-state index in [1.165, 1.54) is 5.47 Å². The van der Waals surface area contributed by atoms with Crippen LogP contribution in [0.1, 0.15) is 67.7 Å². The molecule has 2 saturated heterocycles. The maximum absolute atomic E-state index is 12.2. The van der Waals surface area contributed by atoms with Gasteiger partial charge in [-0.3, -0.25) is 0 Å². The molecule has 3 rings (SSSR count). The zero-order valence-electron chi connectivity index (χ0n) is 16.8. The van der Waals surface area contributed by atoms with Crippen molar-refractivity contribution in [2.24, 2.45) is 5.41 Å². The fourth-order valence-corrected chi connectivity index (χ4v) is 3.82. The van der Waals surface area contributed by atoms with Crippen LogP contribution in [0.15, 0.2) is 11.5 Å². The lowest BCUT2D eigenvalue weighted by Crippen LogP contribution is -2.60. The van der Waals surface area contributed by atoms with E-state index in [0.717, 1.165) is 32.4 Å². The average molecular weight is 349 g/mol. The lowest BCUT2D eigenvalue weighted by atomic mass is 9.61. The van der Waals surface area contributed by atoms with Gasteiger partial charge in [0, 0.05) is 18.5 Å². The predicted molar refractivity (Wildman–Crippen MR) is 98.3 cm³/mol. The van der Waals surface area contributed by atoms with Crippen molar-refractivity contribution in [3.8, 4) is 0 Å². The Morgan fingerprint density at radius 1 is 1.16 bits per heavy atom. The molecular weight excluding hydrogens is 317 g/mol. The molecule has 0 N–H and O–H groups in total. The van der Waals surface area contributed by atoms with Gasteiger partial charge in [-0.2, -0.15) is 0 Å². The Morgan fingerprint density at radius 2 is 1.72 bits per heavy atom. The Hall–Kier alpha value is -1.01. The Balaban J connectivity index is 1.60. The lowest BCUT2D eigenvalue weighted by molar-refractivity contribution is -0.0385. The molecule has 140 valence electrons. The standard InChI is InChI=1S/C19H32BNO4/c1-16(2,3)23-15(22)21-12-19(13-21)10-8-9-14(11-19)20-24-17(4,5)18(6,7)25-20/h9H,8,10-13H2,1-7H3. The van der Waals surface area contributed by atoms with Crippen LogP contribution in [0.25, 0.3) is 0 Å². The summed E-state index contributed by atoms with van der Waals surface area (Å²) in [6.45, 7) is 15.6. The van der Waals surface area contributed by atoms with Crippen LogP contribution in [0, 0.1) is 5.41 Å². The Kier molecular flexibility index (Phi) is 4.32. The van der Waals surface area contributed by atoms with Crippen LogP contribution in [0.4, 0.5) is 4.79 Å². The highest BCUT2D eigenvalue weighted by Crippen LogP contribution is 2.47. The van der Waals surface area contributed by atoms with Gasteiger partial charge in [0.1, 0.15) is 5.60 Å². The summed E-state index contributed by atoms with van der Waals surface area (Å²) in [4.78, 5) is 14.0. The monoisotopic (exact) mass is 349 g/mol. The summed E-state index contributed by atoms with van der Waals surface area (Å²) in [6, 6.07) is 0. The van der Waals surface area contributed by atoms with Gasteiger partial charge in [0.15, 0.2) is 0 Å². The number of carbonyl (C=O) groups excluding carboxylic acids is 1. The first kappa shape index (κ1) is 18.8. The van der Waals surface area contributed by atoms with Gasteiger partial charge in [-0.1, -0.05) is 6.08 Å². The summed E-state index contributed by atoms with van der Waals surface area (Å²) in [7, 11) is -0.266. The predicted octanol–water partition coefficient (Wildman–Crippen LogP) is 3.97. The zero-order valence-corrected chi connectivity index (χ0v) is 16.8. The fourth-order valence-electron chi connectivity index (χ4n) is 3.82. The van der Waals surface area contributed by atoms with Crippen LogP contribution in [0.2, 0.25) is 0 Å². The lowest BCUT2D eigenvalue weighted by Gasteiger charge is -2.52. The molecule has 5 nitrogen and oxygen atoms in total. The number of amides is 1. The first-order valence-electron chi connectivity index (χ1n) is 9.35. The molecule has 2 fully saturated rings. The van der Waals surface area contributed by atoms with Crippen LogP contribution in [0.5, 0.6) is 0 Å². The minimum Gasteiger partial charge on any atom is -0.444 e. The fraction of sp³-hybridized carbons (Fsp3) is 0.842. The molecule has 0 aromatic heterocycles. The van der Waals surface area contributed by atoms with E-state index in [0.29, 0.717) is 0 Å². The highest BCUT2D eigenvalue weighted by molar-refractivity contribution is 6.54. The number of rotatable bonds is 1. The molecule has 3 aliphatic rings. The van der Waals surface area contributed by atoms with Crippen molar-refractivity contribution in [1.29, 1.82) is 0 Å². The number of hydrogen-bond donors (Lipinski definition) is 0. The second kappa shape index (κ2) is 5.75. The van der Waals surface area contributed by atoms with E-state index in [9.17, 15) is 4.79 Å². The van der Waals surface area contributed by atoms with E-state index >= 15 is 0 Å². The van der Waals surface area contributed by atoms with Crippen LogP contribution in [0.3, 0.4) is 0 Å². The van der Waals surface area contributed by atoms with Crippen LogP contribution >= 0.6 is 0 Å². The van der Waals surface area contributed by atoms with E-state index < -0.39 is 5.60 Å². The molecule has 1 aliphatic carbocycles. The van der Waals surface area contributed by atoms with Crippen LogP contribution < -0.4 is 0 Å². The van der Waals surface area contributed by atoms with E-state index in [4.69, 9.17) is 14.0 Å². The molecule has 0 unspecified atom stereocenters. The summed E-state index contributed by atoms with van der Waals surface area (Å²) in [5.74, 6) is 0. The number of carbonyl (C=O) groups is 1. The molecule has 1 amide bonds. The Bertz CT molecular complexity index is 569. The maximum atomic E-state index is 12.2. The van der Waals surface area contributed by atoms with Crippen molar-refractivity contribution in [3.05, 3.63) is 11.5 Å². The highest BCUT2D eigenvalue weighted by atomic mass is 16.7. The molecule has 6 heteroatoms. The normalized spacial score (nSPS) is 27.1. The van der Waals surface area contributed by atoms with Gasteiger partial charge >= 0.3 is 13.2 Å². The van der Waals surface area contributed by atoms with Crippen molar-refractivity contribution < 1.29 is 18.8 Å². The second-order valence-electron chi connectivity index (χ2n) is 9.92. The molecular formula is C19H32BNO4. The molecule has 0 atom stereocenters. The SMILES string of the molecule is CC(C)(C)OC(=O)N1CC2(CCC=C(B3OC(C)(C)C(C)(C)O3)C2)C1. The van der Waals surface area contributed by atoms with Gasteiger partial charge in [-0.05, 0) is 73.2 Å². The average Bonchev–Trinajstić information content (AvgIpc) is 2.63. The summed E-state index contributed by atoms with van der Waals surface area (Å²) < 4.78 is 17.9. The van der Waals surface area contributed by atoms with Gasteiger partial charge in [0.05, 0.1) is 11.2 Å². The molecule has 1 spiro atoms. The van der Waals surface area contributed by atoms with Crippen molar-refractivity contribution in [1.82, 2.24) is 4.90 Å². The third-order valence-corrected chi connectivity index (χ3v) is 5.92. The molecule has 0 aromatic carbocycles. The van der Waals surface area contributed by atoms with Crippen molar-refractivity contribution in [2.75, 3.05) is 13.1 Å². The largest absolute Gasteiger partial charge is 0.490 e. The third kappa shape index (κ3) is 3.61. The summed E-state index contributed by atoms with van der Waals surface area (Å²) in [5, 5.41) is 0. The second-order valence-corrected chi connectivity index (χ2v) is 9.92. The summed E-state index contributed by atoms with van der Waals surface area (Å²) in [5.41, 5.74) is 0.315. The molecule has 0 bridgehead atoms. The van der Waals surface area contributed by atoms with E-state index in [1.807, 2.05) is 25.7 Å². The van der Waals surface area contributed by atoms with E-state index in [-0.39, 0.29) is 29.8 Å². The molecule has 0 radical (unpaired) electrons. The number of likely N-dealkylation sites (tertiary alicyclic amines) is 1. The molecule has 0 aromatic rings. The van der Waals surface area contributed by atoms with Crippen molar-refractivity contribution in [2.45, 2.75) is 84.5 Å². The molecule has 0 saturated carbocycles. The van der Waals surface area contributed by atoms with Gasteiger partial charge in [0.25, 0.3) is 0 Å². The van der Waals surface area contributed by atoms with Gasteiger partial charge in [-0.15, -0.1) is 0 Å². The zero-order chi connectivity index (χ0) is 18.7. The van der Waals surface area contributed by atoms with Crippen molar-refractivity contribution >= 4 is 13.2 Å². The topological polar surface area (TPSA) is 48.0 Å². The van der Waals surface area contributed by atoms with Gasteiger partial charge in [-0.25, -0.2) is 4.79 Å². The summed E-state index contributed by atoms with van der Waals surface area (Å²) in [6.07, 6.45) is 5.12. The number of allylic oxidation sites excluding steroid dienone is 2. The number of hydrogen-bond acceptors (Lipinski definition) is 4. The van der Waals surface area contributed by atoms with Gasteiger partial charge in [0.2, 0.25) is 0 Å².